The Labute approximate surface area is 108 Å². The van der Waals surface area contributed by atoms with Gasteiger partial charge >= 0.3 is 0 Å². The SMILES string of the molecule is Cc1cccc(N(Cc2cccnc2)C2CC2)n1. The summed E-state index contributed by atoms with van der Waals surface area (Å²) in [4.78, 5) is 11.2. The van der Waals surface area contributed by atoms with Gasteiger partial charge in [0.2, 0.25) is 0 Å². The van der Waals surface area contributed by atoms with E-state index in [1.165, 1.54) is 18.4 Å². The standard InChI is InChI=1S/C15H17N3/c1-12-4-2-6-15(17-12)18(14-7-8-14)11-13-5-3-9-16-10-13/h2-6,9-10,14H,7-8,11H2,1H3. The second kappa shape index (κ2) is 4.77. The molecule has 0 amide bonds. The molecule has 0 atom stereocenters. The largest absolute Gasteiger partial charge is 0.349 e. The van der Waals surface area contributed by atoms with Crippen LogP contribution in [0.15, 0.2) is 42.7 Å². The first kappa shape index (κ1) is 11.2. The normalized spacial score (nSPS) is 14.5. The third-order valence-electron chi connectivity index (χ3n) is 3.23. The maximum atomic E-state index is 4.64. The molecule has 0 unspecified atom stereocenters. The van der Waals surface area contributed by atoms with Gasteiger partial charge in [0.1, 0.15) is 5.82 Å². The van der Waals surface area contributed by atoms with Crippen molar-refractivity contribution in [3.63, 3.8) is 0 Å². The van der Waals surface area contributed by atoms with Crippen molar-refractivity contribution in [3.8, 4) is 0 Å². The highest BCUT2D eigenvalue weighted by Gasteiger charge is 2.30. The Balaban J connectivity index is 1.85. The molecule has 1 saturated carbocycles. The summed E-state index contributed by atoms with van der Waals surface area (Å²) in [5.41, 5.74) is 2.32. The molecule has 1 fully saturated rings. The van der Waals surface area contributed by atoms with Crippen molar-refractivity contribution in [2.24, 2.45) is 0 Å². The number of hydrogen-bond acceptors (Lipinski definition) is 3. The van der Waals surface area contributed by atoms with Crippen LogP contribution in [0.1, 0.15) is 24.1 Å². The molecule has 0 aromatic carbocycles. The highest BCUT2D eigenvalue weighted by atomic mass is 15.2. The van der Waals surface area contributed by atoms with Crippen LogP contribution in [0.5, 0.6) is 0 Å². The number of aromatic nitrogens is 2. The van der Waals surface area contributed by atoms with Crippen LogP contribution in [-0.2, 0) is 6.54 Å². The zero-order chi connectivity index (χ0) is 12.4. The smallest absolute Gasteiger partial charge is 0.129 e. The molecule has 0 saturated heterocycles. The molecule has 2 aromatic rings. The van der Waals surface area contributed by atoms with E-state index >= 15 is 0 Å². The maximum Gasteiger partial charge on any atom is 0.129 e. The van der Waals surface area contributed by atoms with Gasteiger partial charge in [0, 0.05) is 30.7 Å². The van der Waals surface area contributed by atoms with Crippen molar-refractivity contribution >= 4 is 5.82 Å². The zero-order valence-electron chi connectivity index (χ0n) is 10.6. The summed E-state index contributed by atoms with van der Waals surface area (Å²) in [5, 5.41) is 0. The molecule has 3 heteroatoms. The summed E-state index contributed by atoms with van der Waals surface area (Å²) in [6, 6.07) is 11.0. The fourth-order valence-electron chi connectivity index (χ4n) is 2.16. The molecule has 3 nitrogen and oxygen atoms in total. The van der Waals surface area contributed by atoms with Crippen molar-refractivity contribution in [1.82, 2.24) is 9.97 Å². The summed E-state index contributed by atoms with van der Waals surface area (Å²) in [6.07, 6.45) is 6.30. The van der Waals surface area contributed by atoms with E-state index in [0.717, 1.165) is 18.1 Å². The molecule has 1 aliphatic rings. The Morgan fingerprint density at radius 3 is 2.78 bits per heavy atom. The Morgan fingerprint density at radius 1 is 1.22 bits per heavy atom. The van der Waals surface area contributed by atoms with E-state index in [0.29, 0.717) is 6.04 Å². The molecular formula is C15H17N3. The Kier molecular flexibility index (Phi) is 2.97. The number of pyridine rings is 2. The molecule has 2 aromatic heterocycles. The van der Waals surface area contributed by atoms with E-state index in [4.69, 9.17) is 0 Å². The van der Waals surface area contributed by atoms with Crippen molar-refractivity contribution in [2.45, 2.75) is 32.4 Å². The second-order valence-corrected chi connectivity index (χ2v) is 4.86. The Hall–Kier alpha value is -1.90. The fraction of sp³-hybridized carbons (Fsp3) is 0.333. The first-order valence-corrected chi connectivity index (χ1v) is 6.42. The minimum atomic E-state index is 0.652. The van der Waals surface area contributed by atoms with Crippen molar-refractivity contribution in [2.75, 3.05) is 4.90 Å². The van der Waals surface area contributed by atoms with Crippen LogP contribution >= 0.6 is 0 Å². The van der Waals surface area contributed by atoms with Gasteiger partial charge in [0.15, 0.2) is 0 Å². The van der Waals surface area contributed by atoms with Crippen molar-refractivity contribution in [3.05, 3.63) is 54.0 Å². The lowest BCUT2D eigenvalue weighted by atomic mass is 10.2. The Bertz CT molecular complexity index is 520. The summed E-state index contributed by atoms with van der Waals surface area (Å²) in [6.45, 7) is 2.94. The Morgan fingerprint density at radius 2 is 2.11 bits per heavy atom. The molecule has 0 spiro atoms. The van der Waals surface area contributed by atoms with E-state index in [9.17, 15) is 0 Å². The van der Waals surface area contributed by atoms with Crippen LogP contribution in [0.4, 0.5) is 5.82 Å². The molecule has 92 valence electrons. The van der Waals surface area contributed by atoms with Crippen LogP contribution in [0.2, 0.25) is 0 Å². The minimum Gasteiger partial charge on any atom is -0.349 e. The molecule has 1 aliphatic carbocycles. The molecule has 0 N–H and O–H groups in total. The maximum absolute atomic E-state index is 4.64. The number of hydrogen-bond donors (Lipinski definition) is 0. The molecule has 3 rings (SSSR count). The van der Waals surface area contributed by atoms with Crippen LogP contribution in [0, 0.1) is 6.92 Å². The highest BCUT2D eigenvalue weighted by Crippen LogP contribution is 2.31. The third-order valence-corrected chi connectivity index (χ3v) is 3.23. The van der Waals surface area contributed by atoms with E-state index in [-0.39, 0.29) is 0 Å². The van der Waals surface area contributed by atoms with Crippen LogP contribution < -0.4 is 4.90 Å². The van der Waals surface area contributed by atoms with Gasteiger partial charge in [-0.1, -0.05) is 12.1 Å². The fourth-order valence-corrected chi connectivity index (χ4v) is 2.16. The predicted octanol–water partition coefficient (Wildman–Crippen LogP) is 2.95. The third kappa shape index (κ3) is 2.50. The first-order valence-electron chi connectivity index (χ1n) is 6.42. The number of rotatable bonds is 4. The van der Waals surface area contributed by atoms with Gasteiger partial charge in [-0.05, 0) is 43.5 Å². The number of aryl methyl sites for hydroxylation is 1. The lowest BCUT2D eigenvalue weighted by molar-refractivity contribution is 0.773. The summed E-state index contributed by atoms with van der Waals surface area (Å²) >= 11 is 0. The second-order valence-electron chi connectivity index (χ2n) is 4.86. The van der Waals surface area contributed by atoms with Crippen molar-refractivity contribution < 1.29 is 0 Å². The first-order chi connectivity index (χ1) is 8.83. The van der Waals surface area contributed by atoms with Gasteiger partial charge in [-0.3, -0.25) is 4.98 Å². The molecule has 0 bridgehead atoms. The summed E-state index contributed by atoms with van der Waals surface area (Å²) < 4.78 is 0. The van der Waals surface area contributed by atoms with Crippen LogP contribution in [0.3, 0.4) is 0 Å². The van der Waals surface area contributed by atoms with E-state index < -0.39 is 0 Å². The highest BCUT2D eigenvalue weighted by molar-refractivity contribution is 5.43. The lowest BCUT2D eigenvalue weighted by Gasteiger charge is -2.23. The molecule has 2 heterocycles. The monoisotopic (exact) mass is 239 g/mol. The van der Waals surface area contributed by atoms with Crippen molar-refractivity contribution in [1.29, 1.82) is 0 Å². The van der Waals surface area contributed by atoms with E-state index in [1.807, 2.05) is 31.5 Å². The predicted molar refractivity (Wildman–Crippen MR) is 72.4 cm³/mol. The lowest BCUT2D eigenvalue weighted by Crippen LogP contribution is -2.26. The van der Waals surface area contributed by atoms with Crippen LogP contribution in [0.25, 0.3) is 0 Å². The van der Waals surface area contributed by atoms with Gasteiger partial charge in [0.05, 0.1) is 0 Å². The van der Waals surface area contributed by atoms with Crippen LogP contribution in [-0.4, -0.2) is 16.0 Å². The van der Waals surface area contributed by atoms with Gasteiger partial charge in [0.25, 0.3) is 0 Å². The molecule has 0 radical (unpaired) electrons. The minimum absolute atomic E-state index is 0.652. The summed E-state index contributed by atoms with van der Waals surface area (Å²) in [5.74, 6) is 1.08. The van der Waals surface area contributed by atoms with E-state index in [1.54, 1.807) is 0 Å². The molecule has 18 heavy (non-hydrogen) atoms. The number of nitrogens with zero attached hydrogens (tertiary/aromatic N) is 3. The van der Waals surface area contributed by atoms with E-state index in [2.05, 4.69) is 33.1 Å². The molecular weight excluding hydrogens is 222 g/mol. The van der Waals surface area contributed by atoms with Gasteiger partial charge < -0.3 is 4.90 Å². The zero-order valence-corrected chi connectivity index (χ0v) is 10.6. The van der Waals surface area contributed by atoms with Gasteiger partial charge in [-0.25, -0.2) is 4.98 Å². The van der Waals surface area contributed by atoms with Gasteiger partial charge in [-0.2, -0.15) is 0 Å². The topological polar surface area (TPSA) is 29.0 Å². The average Bonchev–Trinajstić information content (AvgIpc) is 3.21. The summed E-state index contributed by atoms with van der Waals surface area (Å²) in [7, 11) is 0. The molecule has 0 aliphatic heterocycles. The number of anilines is 1. The van der Waals surface area contributed by atoms with Gasteiger partial charge in [-0.15, -0.1) is 0 Å². The average molecular weight is 239 g/mol. The quantitative estimate of drug-likeness (QED) is 0.821.